The number of aromatic nitrogens is 1. The molecular weight excluding hydrogens is 188 g/mol. The molecule has 1 aliphatic carbocycles. The van der Waals surface area contributed by atoms with Gasteiger partial charge in [-0.15, -0.1) is 0 Å². The first-order valence-corrected chi connectivity index (χ1v) is 5.39. The van der Waals surface area contributed by atoms with Crippen molar-refractivity contribution < 1.29 is 5.21 Å². The van der Waals surface area contributed by atoms with Crippen molar-refractivity contribution in [3.05, 3.63) is 35.5 Å². The van der Waals surface area contributed by atoms with Gasteiger partial charge in [-0.25, -0.2) is 0 Å². The van der Waals surface area contributed by atoms with Crippen LogP contribution in [0.5, 0.6) is 0 Å². The minimum atomic E-state index is 0.0705. The Balaban J connectivity index is 2.24. The van der Waals surface area contributed by atoms with Crippen molar-refractivity contribution in [3.8, 4) is 0 Å². The van der Waals surface area contributed by atoms with Gasteiger partial charge < -0.3 is 10.2 Å². The van der Waals surface area contributed by atoms with Gasteiger partial charge >= 0.3 is 0 Å². The smallest absolute Gasteiger partial charge is 0.0722 e. The zero-order valence-electron chi connectivity index (χ0n) is 8.46. The third-order valence-corrected chi connectivity index (χ3v) is 3.27. The second-order valence-corrected chi connectivity index (χ2v) is 4.14. The lowest BCUT2D eigenvalue weighted by molar-refractivity contribution is 0.116. The van der Waals surface area contributed by atoms with Gasteiger partial charge in [-0.3, -0.25) is 0 Å². The Morgan fingerprint density at radius 2 is 2.20 bits per heavy atom. The van der Waals surface area contributed by atoms with E-state index in [0.29, 0.717) is 0 Å². The molecule has 1 unspecified atom stereocenters. The molecule has 0 bridgehead atoms. The minimum absolute atomic E-state index is 0.0705. The molecule has 1 aromatic carbocycles. The van der Waals surface area contributed by atoms with Crippen molar-refractivity contribution >= 4 is 10.9 Å². The topological polar surface area (TPSA) is 48.0 Å². The fraction of sp³-hybridized carbons (Fsp3) is 0.333. The fourth-order valence-electron chi connectivity index (χ4n) is 2.54. The van der Waals surface area contributed by atoms with E-state index in [1.165, 1.54) is 16.5 Å². The largest absolute Gasteiger partial charge is 0.357 e. The lowest BCUT2D eigenvalue weighted by Crippen LogP contribution is -2.21. The number of nitrogens with one attached hydrogen (secondary N) is 2. The van der Waals surface area contributed by atoms with E-state index in [-0.39, 0.29) is 6.04 Å². The molecule has 1 heterocycles. The number of fused-ring (bicyclic) bond motifs is 3. The van der Waals surface area contributed by atoms with Gasteiger partial charge in [0.25, 0.3) is 0 Å². The molecule has 3 N–H and O–H groups in total. The Morgan fingerprint density at radius 3 is 3.07 bits per heavy atom. The van der Waals surface area contributed by atoms with E-state index >= 15 is 0 Å². The van der Waals surface area contributed by atoms with Crippen LogP contribution in [-0.4, -0.2) is 10.2 Å². The van der Waals surface area contributed by atoms with E-state index in [1.54, 1.807) is 0 Å². The van der Waals surface area contributed by atoms with Crippen molar-refractivity contribution in [1.82, 2.24) is 10.5 Å². The SMILES string of the molecule is ONC1CCCc2c1[nH]c1ccccc21. The molecule has 3 rings (SSSR count). The monoisotopic (exact) mass is 202 g/mol. The van der Waals surface area contributed by atoms with E-state index in [0.717, 1.165) is 25.0 Å². The van der Waals surface area contributed by atoms with Crippen LogP contribution in [0.25, 0.3) is 10.9 Å². The average molecular weight is 202 g/mol. The van der Waals surface area contributed by atoms with Crippen LogP contribution >= 0.6 is 0 Å². The van der Waals surface area contributed by atoms with E-state index in [1.807, 2.05) is 6.07 Å². The van der Waals surface area contributed by atoms with Crippen LogP contribution in [0.15, 0.2) is 24.3 Å². The molecule has 0 saturated heterocycles. The lowest BCUT2D eigenvalue weighted by atomic mass is 9.92. The number of para-hydroxylation sites is 1. The zero-order chi connectivity index (χ0) is 10.3. The van der Waals surface area contributed by atoms with Crippen molar-refractivity contribution in [2.45, 2.75) is 25.3 Å². The normalized spacial score (nSPS) is 20.5. The number of hydrogen-bond acceptors (Lipinski definition) is 2. The Bertz CT molecular complexity index is 489. The van der Waals surface area contributed by atoms with Crippen LogP contribution in [0, 0.1) is 0 Å². The molecule has 1 atom stereocenters. The summed E-state index contributed by atoms with van der Waals surface area (Å²) in [6.45, 7) is 0. The highest BCUT2D eigenvalue weighted by Crippen LogP contribution is 2.34. The third-order valence-electron chi connectivity index (χ3n) is 3.27. The van der Waals surface area contributed by atoms with Crippen LogP contribution < -0.4 is 5.48 Å². The molecule has 0 radical (unpaired) electrons. The van der Waals surface area contributed by atoms with E-state index < -0.39 is 0 Å². The van der Waals surface area contributed by atoms with Gasteiger partial charge in [0.2, 0.25) is 0 Å². The predicted molar refractivity (Wildman–Crippen MR) is 58.9 cm³/mol. The molecule has 0 saturated carbocycles. The molecule has 2 aromatic rings. The van der Waals surface area contributed by atoms with Crippen molar-refractivity contribution in [1.29, 1.82) is 0 Å². The number of hydroxylamine groups is 1. The second kappa shape index (κ2) is 3.36. The first-order valence-electron chi connectivity index (χ1n) is 5.39. The number of aryl methyl sites for hydroxylation is 1. The third kappa shape index (κ3) is 1.28. The Hall–Kier alpha value is -1.32. The van der Waals surface area contributed by atoms with Gasteiger partial charge in [-0.2, -0.15) is 5.48 Å². The van der Waals surface area contributed by atoms with Crippen molar-refractivity contribution in [2.24, 2.45) is 0 Å². The molecule has 0 aliphatic heterocycles. The first kappa shape index (κ1) is 8.95. The number of hydrogen-bond donors (Lipinski definition) is 3. The van der Waals surface area contributed by atoms with Gasteiger partial charge in [0, 0.05) is 16.6 Å². The molecule has 15 heavy (non-hydrogen) atoms. The number of benzene rings is 1. The standard InChI is InChI=1S/C12H14N2O/c15-14-11-7-3-5-9-8-4-1-2-6-10(8)13-12(9)11/h1-2,4,6,11,13-15H,3,5,7H2. The Kier molecular flexibility index (Phi) is 2.01. The molecule has 3 heteroatoms. The maximum Gasteiger partial charge on any atom is 0.0722 e. The summed E-state index contributed by atoms with van der Waals surface area (Å²) in [5.74, 6) is 0. The fourth-order valence-corrected chi connectivity index (χ4v) is 2.54. The van der Waals surface area contributed by atoms with E-state index in [2.05, 4.69) is 28.7 Å². The van der Waals surface area contributed by atoms with Crippen LogP contribution in [0.3, 0.4) is 0 Å². The van der Waals surface area contributed by atoms with Crippen molar-refractivity contribution in [3.63, 3.8) is 0 Å². The van der Waals surface area contributed by atoms with Crippen LogP contribution in [0.4, 0.5) is 0 Å². The van der Waals surface area contributed by atoms with E-state index in [9.17, 15) is 0 Å². The predicted octanol–water partition coefficient (Wildman–Crippen LogP) is 2.52. The number of rotatable bonds is 1. The summed E-state index contributed by atoms with van der Waals surface area (Å²) in [7, 11) is 0. The highest BCUT2D eigenvalue weighted by atomic mass is 16.5. The summed E-state index contributed by atoms with van der Waals surface area (Å²) in [6.07, 6.45) is 3.24. The molecule has 78 valence electrons. The maximum atomic E-state index is 9.09. The highest BCUT2D eigenvalue weighted by Gasteiger charge is 2.23. The summed E-state index contributed by atoms with van der Waals surface area (Å²) in [6, 6.07) is 8.39. The Labute approximate surface area is 88.1 Å². The first-order chi connectivity index (χ1) is 7.40. The van der Waals surface area contributed by atoms with Gasteiger partial charge in [0.1, 0.15) is 0 Å². The number of H-pyrrole nitrogens is 1. The van der Waals surface area contributed by atoms with Gasteiger partial charge in [-0.1, -0.05) is 18.2 Å². The Morgan fingerprint density at radius 1 is 1.33 bits per heavy atom. The van der Waals surface area contributed by atoms with Crippen LogP contribution in [0.2, 0.25) is 0 Å². The van der Waals surface area contributed by atoms with Crippen LogP contribution in [-0.2, 0) is 6.42 Å². The van der Waals surface area contributed by atoms with Gasteiger partial charge in [0.05, 0.1) is 6.04 Å². The molecule has 1 aliphatic rings. The molecule has 0 spiro atoms. The minimum Gasteiger partial charge on any atom is -0.357 e. The van der Waals surface area contributed by atoms with Gasteiger partial charge in [0.15, 0.2) is 0 Å². The summed E-state index contributed by atoms with van der Waals surface area (Å²) in [5.41, 5.74) is 6.08. The van der Waals surface area contributed by atoms with Crippen LogP contribution in [0.1, 0.15) is 30.1 Å². The number of aromatic amines is 1. The molecule has 0 amide bonds. The second-order valence-electron chi connectivity index (χ2n) is 4.14. The molecular formula is C12H14N2O. The molecule has 0 fully saturated rings. The summed E-state index contributed by atoms with van der Waals surface area (Å²) in [5, 5.41) is 10.4. The quantitative estimate of drug-likeness (QED) is 0.622. The summed E-state index contributed by atoms with van der Waals surface area (Å²) >= 11 is 0. The zero-order valence-corrected chi connectivity index (χ0v) is 8.46. The summed E-state index contributed by atoms with van der Waals surface area (Å²) in [4.78, 5) is 3.39. The maximum absolute atomic E-state index is 9.09. The van der Waals surface area contributed by atoms with Crippen molar-refractivity contribution in [2.75, 3.05) is 0 Å². The average Bonchev–Trinajstić information content (AvgIpc) is 2.67. The highest BCUT2D eigenvalue weighted by molar-refractivity contribution is 5.85. The summed E-state index contributed by atoms with van der Waals surface area (Å²) < 4.78 is 0. The molecule has 3 nitrogen and oxygen atoms in total. The van der Waals surface area contributed by atoms with Gasteiger partial charge in [-0.05, 0) is 30.9 Å². The molecule has 1 aromatic heterocycles. The lowest BCUT2D eigenvalue weighted by Gasteiger charge is -2.20. The van der Waals surface area contributed by atoms with E-state index in [4.69, 9.17) is 5.21 Å².